The highest BCUT2D eigenvalue weighted by molar-refractivity contribution is 9.10. The molecule has 2 nitrogen and oxygen atoms in total. The van der Waals surface area contributed by atoms with E-state index in [0.717, 1.165) is 27.4 Å². The fraction of sp³-hybridized carbons (Fsp3) is 0.300. The Morgan fingerprint density at radius 2 is 2.36 bits per heavy atom. The van der Waals surface area contributed by atoms with Gasteiger partial charge in [-0.2, -0.15) is 0 Å². The number of benzene rings is 1. The number of aliphatic imine (C=N–C) groups is 1. The van der Waals surface area contributed by atoms with Gasteiger partial charge in [-0.1, -0.05) is 11.6 Å². The molecule has 0 saturated heterocycles. The lowest BCUT2D eigenvalue weighted by Gasteiger charge is -2.06. The Morgan fingerprint density at radius 3 is 2.93 bits per heavy atom. The zero-order valence-corrected chi connectivity index (χ0v) is 10.1. The van der Waals surface area contributed by atoms with Gasteiger partial charge in [-0.15, -0.1) is 0 Å². The van der Waals surface area contributed by atoms with E-state index in [4.69, 9.17) is 11.6 Å². The summed E-state index contributed by atoms with van der Waals surface area (Å²) >= 11 is 9.30. The highest BCUT2D eigenvalue weighted by atomic mass is 79.9. The van der Waals surface area contributed by atoms with E-state index in [1.165, 1.54) is 0 Å². The first-order valence-corrected chi connectivity index (χ1v) is 5.60. The van der Waals surface area contributed by atoms with E-state index in [0.29, 0.717) is 6.04 Å². The molecular weight excluding hydrogens is 263 g/mol. The van der Waals surface area contributed by atoms with Crippen molar-refractivity contribution in [1.29, 1.82) is 0 Å². The van der Waals surface area contributed by atoms with Gasteiger partial charge in [-0.3, -0.25) is 4.99 Å². The first-order valence-electron chi connectivity index (χ1n) is 4.43. The van der Waals surface area contributed by atoms with Gasteiger partial charge < -0.3 is 5.32 Å². The number of amidine groups is 1. The molecule has 4 heteroatoms. The number of halogens is 2. The summed E-state index contributed by atoms with van der Waals surface area (Å²) in [4.78, 5) is 4.40. The lowest BCUT2D eigenvalue weighted by molar-refractivity contribution is 0.726. The summed E-state index contributed by atoms with van der Waals surface area (Å²) in [6.45, 7) is 2.96. The molecule has 0 aromatic heterocycles. The second-order valence-electron chi connectivity index (χ2n) is 3.36. The third kappa shape index (κ3) is 1.93. The van der Waals surface area contributed by atoms with Crippen molar-refractivity contribution in [3.05, 3.63) is 33.3 Å². The van der Waals surface area contributed by atoms with Crippen LogP contribution in [0.15, 0.2) is 27.7 Å². The van der Waals surface area contributed by atoms with Gasteiger partial charge in [0, 0.05) is 16.1 Å². The number of nitrogens with one attached hydrogen (secondary N) is 1. The molecule has 1 aromatic carbocycles. The molecule has 1 aliphatic rings. The molecule has 1 unspecified atom stereocenters. The zero-order chi connectivity index (χ0) is 10.1. The highest BCUT2D eigenvalue weighted by Gasteiger charge is 2.14. The molecule has 1 N–H and O–H groups in total. The third-order valence-corrected chi connectivity index (χ3v) is 3.31. The maximum atomic E-state index is 5.91. The molecule has 14 heavy (non-hydrogen) atoms. The predicted octanol–water partition coefficient (Wildman–Crippen LogP) is 2.84. The lowest BCUT2D eigenvalue weighted by Crippen LogP contribution is -2.27. The molecule has 1 atom stereocenters. The Hall–Kier alpha value is -0.540. The van der Waals surface area contributed by atoms with Crippen molar-refractivity contribution >= 4 is 33.4 Å². The minimum Gasteiger partial charge on any atom is -0.366 e. The normalized spacial score (nSPS) is 20.5. The van der Waals surface area contributed by atoms with Crippen molar-refractivity contribution in [3.63, 3.8) is 0 Å². The average Bonchev–Trinajstić information content (AvgIpc) is 2.57. The van der Waals surface area contributed by atoms with Crippen LogP contribution in [0, 0.1) is 0 Å². The number of hydrogen-bond acceptors (Lipinski definition) is 2. The van der Waals surface area contributed by atoms with Gasteiger partial charge >= 0.3 is 0 Å². The van der Waals surface area contributed by atoms with Crippen LogP contribution >= 0.6 is 27.5 Å². The molecule has 1 aromatic rings. The first kappa shape index (κ1) is 9.99. The summed E-state index contributed by atoms with van der Waals surface area (Å²) in [6, 6.07) is 6.25. The maximum absolute atomic E-state index is 5.91. The molecule has 2 rings (SSSR count). The van der Waals surface area contributed by atoms with E-state index in [1.54, 1.807) is 0 Å². The van der Waals surface area contributed by atoms with Gasteiger partial charge in [0.25, 0.3) is 0 Å². The second-order valence-corrected chi connectivity index (χ2v) is 4.63. The van der Waals surface area contributed by atoms with Gasteiger partial charge in [-0.25, -0.2) is 0 Å². The molecule has 0 fully saturated rings. The summed E-state index contributed by atoms with van der Waals surface area (Å²) in [6.07, 6.45) is 0. The van der Waals surface area contributed by atoms with Crippen LogP contribution in [0.5, 0.6) is 0 Å². The van der Waals surface area contributed by atoms with E-state index in [-0.39, 0.29) is 0 Å². The quantitative estimate of drug-likeness (QED) is 0.836. The molecule has 0 amide bonds. The SMILES string of the molecule is CC1CN=C(c2ccc(Cl)c(Br)c2)N1. The number of rotatable bonds is 1. The monoisotopic (exact) mass is 272 g/mol. The Morgan fingerprint density at radius 1 is 1.57 bits per heavy atom. The highest BCUT2D eigenvalue weighted by Crippen LogP contribution is 2.23. The molecule has 74 valence electrons. The third-order valence-electron chi connectivity index (χ3n) is 2.10. The van der Waals surface area contributed by atoms with Crippen molar-refractivity contribution in [2.24, 2.45) is 4.99 Å². The van der Waals surface area contributed by atoms with Gasteiger partial charge in [0.1, 0.15) is 5.84 Å². The largest absolute Gasteiger partial charge is 0.366 e. The molecule has 0 spiro atoms. The standard InChI is InChI=1S/C10H10BrClN2/c1-6-5-13-10(14-6)7-2-3-9(12)8(11)4-7/h2-4,6H,5H2,1H3,(H,13,14). The van der Waals surface area contributed by atoms with Gasteiger partial charge in [0.2, 0.25) is 0 Å². The van der Waals surface area contributed by atoms with Crippen LogP contribution in [0.2, 0.25) is 5.02 Å². The molecule has 0 saturated carbocycles. The van der Waals surface area contributed by atoms with Crippen LogP contribution in [0.25, 0.3) is 0 Å². The summed E-state index contributed by atoms with van der Waals surface area (Å²) in [7, 11) is 0. The Bertz CT molecular complexity index is 390. The average molecular weight is 274 g/mol. The lowest BCUT2D eigenvalue weighted by atomic mass is 10.2. The fourth-order valence-corrected chi connectivity index (χ4v) is 1.87. The second kappa shape index (κ2) is 3.91. The van der Waals surface area contributed by atoms with Gasteiger partial charge in [0.05, 0.1) is 11.6 Å². The smallest absolute Gasteiger partial charge is 0.128 e. The minimum atomic E-state index is 0.430. The zero-order valence-electron chi connectivity index (χ0n) is 7.72. The van der Waals surface area contributed by atoms with E-state index in [2.05, 4.69) is 33.2 Å². The molecule has 0 radical (unpaired) electrons. The Labute approximate surface area is 96.5 Å². The van der Waals surface area contributed by atoms with Gasteiger partial charge in [0.15, 0.2) is 0 Å². The fourth-order valence-electron chi connectivity index (χ4n) is 1.37. The van der Waals surface area contributed by atoms with Crippen molar-refractivity contribution in [2.45, 2.75) is 13.0 Å². The topological polar surface area (TPSA) is 24.4 Å². The van der Waals surface area contributed by atoms with Crippen molar-refractivity contribution in [3.8, 4) is 0 Å². The predicted molar refractivity (Wildman–Crippen MR) is 63.2 cm³/mol. The molecule has 0 aliphatic carbocycles. The maximum Gasteiger partial charge on any atom is 0.128 e. The van der Waals surface area contributed by atoms with E-state index in [1.807, 2.05) is 18.2 Å². The Balaban J connectivity index is 2.30. The van der Waals surface area contributed by atoms with Crippen molar-refractivity contribution < 1.29 is 0 Å². The van der Waals surface area contributed by atoms with E-state index in [9.17, 15) is 0 Å². The molecular formula is C10H10BrClN2. The minimum absolute atomic E-state index is 0.430. The Kier molecular flexibility index (Phi) is 2.79. The van der Waals surface area contributed by atoms with Gasteiger partial charge in [-0.05, 0) is 41.1 Å². The number of nitrogens with zero attached hydrogens (tertiary/aromatic N) is 1. The molecule has 0 bridgehead atoms. The molecule has 1 heterocycles. The summed E-state index contributed by atoms with van der Waals surface area (Å²) < 4.78 is 0.903. The van der Waals surface area contributed by atoms with Crippen LogP contribution in [0.4, 0.5) is 0 Å². The van der Waals surface area contributed by atoms with Crippen LogP contribution < -0.4 is 5.32 Å². The summed E-state index contributed by atoms with van der Waals surface area (Å²) in [5, 5.41) is 4.03. The summed E-state index contributed by atoms with van der Waals surface area (Å²) in [5.41, 5.74) is 1.07. The summed E-state index contributed by atoms with van der Waals surface area (Å²) in [5.74, 6) is 0.954. The van der Waals surface area contributed by atoms with Crippen LogP contribution in [-0.4, -0.2) is 18.4 Å². The van der Waals surface area contributed by atoms with Crippen molar-refractivity contribution in [2.75, 3.05) is 6.54 Å². The first-order chi connectivity index (χ1) is 6.66. The van der Waals surface area contributed by atoms with Crippen LogP contribution in [0.1, 0.15) is 12.5 Å². The van der Waals surface area contributed by atoms with Crippen molar-refractivity contribution in [1.82, 2.24) is 5.32 Å². The number of hydrogen-bond donors (Lipinski definition) is 1. The van der Waals surface area contributed by atoms with Crippen LogP contribution in [-0.2, 0) is 0 Å². The molecule has 1 aliphatic heterocycles. The van der Waals surface area contributed by atoms with Crippen LogP contribution in [0.3, 0.4) is 0 Å². The van der Waals surface area contributed by atoms with E-state index < -0.39 is 0 Å². The van der Waals surface area contributed by atoms with E-state index >= 15 is 0 Å².